The van der Waals surface area contributed by atoms with Crippen molar-refractivity contribution in [3.8, 4) is 5.75 Å². The highest BCUT2D eigenvalue weighted by atomic mass is 16.3. The van der Waals surface area contributed by atoms with E-state index in [2.05, 4.69) is 19.1 Å². The number of phenolic OH excluding ortho intramolecular Hbond substituents is 1. The van der Waals surface area contributed by atoms with Gasteiger partial charge >= 0.3 is 0 Å². The molecule has 0 heterocycles. The van der Waals surface area contributed by atoms with Gasteiger partial charge in [0, 0.05) is 25.0 Å². The van der Waals surface area contributed by atoms with Crippen molar-refractivity contribution in [1.82, 2.24) is 0 Å². The first kappa shape index (κ1) is 21.8. The second-order valence-corrected chi connectivity index (χ2v) is 10.4. The van der Waals surface area contributed by atoms with Crippen LogP contribution in [-0.4, -0.2) is 34.3 Å². The van der Waals surface area contributed by atoms with E-state index in [1.54, 1.807) is 12.1 Å². The van der Waals surface area contributed by atoms with Crippen LogP contribution in [0.15, 0.2) is 24.3 Å². The molecule has 1 aromatic rings. The Balaban J connectivity index is 1.64. The molecular formula is C26H38O4. The zero-order chi connectivity index (χ0) is 21.3. The smallest absolute Gasteiger partial charge is 0.139 e. The van der Waals surface area contributed by atoms with Crippen LogP contribution >= 0.6 is 0 Å². The van der Waals surface area contributed by atoms with Crippen molar-refractivity contribution in [3.05, 3.63) is 29.8 Å². The van der Waals surface area contributed by atoms with Gasteiger partial charge in [0.1, 0.15) is 11.5 Å². The van der Waals surface area contributed by atoms with Gasteiger partial charge in [0.05, 0.1) is 0 Å². The van der Waals surface area contributed by atoms with E-state index in [1.165, 1.54) is 18.4 Å². The number of aliphatic hydroxyl groups is 2. The minimum atomic E-state index is -0.0147. The average molecular weight is 415 g/mol. The Morgan fingerprint density at radius 2 is 1.73 bits per heavy atom. The van der Waals surface area contributed by atoms with E-state index < -0.39 is 0 Å². The number of aromatic hydroxyl groups is 1. The van der Waals surface area contributed by atoms with E-state index in [0.29, 0.717) is 35.7 Å². The summed E-state index contributed by atoms with van der Waals surface area (Å²) in [5.41, 5.74) is 1.31. The van der Waals surface area contributed by atoms with E-state index in [0.717, 1.165) is 38.5 Å². The van der Waals surface area contributed by atoms with Crippen molar-refractivity contribution < 1.29 is 20.1 Å². The highest BCUT2D eigenvalue weighted by Crippen LogP contribution is 2.55. The Kier molecular flexibility index (Phi) is 6.55. The Bertz CT molecular complexity index is 721. The molecule has 4 rings (SSSR count). The molecule has 3 aliphatic rings. The maximum absolute atomic E-state index is 13.7. The molecule has 4 heteroatoms. The summed E-state index contributed by atoms with van der Waals surface area (Å²) in [6, 6.07) is 7.69. The normalized spacial score (nSPS) is 35.9. The SMILES string of the molecule is C[C@@H]1C(=O)[C@@H](CC2(c3ccc(O)cc3)CCCC2)[C@@H]2CC[C@H](CO)C[C@H]2[C@H]1CCO. The highest BCUT2D eigenvalue weighted by Gasteiger charge is 2.52. The van der Waals surface area contributed by atoms with Gasteiger partial charge in [0.15, 0.2) is 0 Å². The molecule has 6 atom stereocenters. The molecule has 3 fully saturated rings. The van der Waals surface area contributed by atoms with Crippen molar-refractivity contribution in [3.63, 3.8) is 0 Å². The molecule has 0 unspecified atom stereocenters. The maximum atomic E-state index is 13.7. The van der Waals surface area contributed by atoms with Gasteiger partial charge < -0.3 is 15.3 Å². The molecule has 0 amide bonds. The number of carbonyl (C=O) groups is 1. The summed E-state index contributed by atoms with van der Waals surface area (Å²) in [4.78, 5) is 13.7. The molecule has 3 N–H and O–H groups in total. The molecule has 0 spiro atoms. The molecule has 0 aromatic heterocycles. The number of hydrogen-bond acceptors (Lipinski definition) is 4. The van der Waals surface area contributed by atoms with Crippen LogP contribution in [0.25, 0.3) is 0 Å². The first-order chi connectivity index (χ1) is 14.5. The Hall–Kier alpha value is -1.39. The quantitative estimate of drug-likeness (QED) is 0.643. The molecule has 30 heavy (non-hydrogen) atoms. The summed E-state index contributed by atoms with van der Waals surface area (Å²) < 4.78 is 0. The van der Waals surface area contributed by atoms with Crippen molar-refractivity contribution in [2.45, 2.75) is 70.1 Å². The number of fused-ring (bicyclic) bond motifs is 1. The number of rotatable bonds is 6. The van der Waals surface area contributed by atoms with Gasteiger partial charge in [-0.05, 0) is 91.7 Å². The number of carbonyl (C=O) groups excluding carboxylic acids is 1. The van der Waals surface area contributed by atoms with Gasteiger partial charge in [-0.2, -0.15) is 0 Å². The molecule has 166 valence electrons. The second kappa shape index (κ2) is 9.00. The standard InChI is InChI=1S/C26H38O4/c1-17-21(10-13-27)23-14-18(16-28)4-9-22(23)24(25(17)30)15-26(11-2-3-12-26)19-5-7-20(29)8-6-19/h5-8,17-18,21-24,27-29H,2-4,9-16H2,1H3/t17-,18-,21-,22+,23-,24-/m0/s1. The van der Waals surface area contributed by atoms with Gasteiger partial charge in [-0.3, -0.25) is 4.79 Å². The van der Waals surface area contributed by atoms with Gasteiger partial charge in [-0.1, -0.05) is 31.9 Å². The van der Waals surface area contributed by atoms with Gasteiger partial charge in [-0.15, -0.1) is 0 Å². The zero-order valence-electron chi connectivity index (χ0n) is 18.3. The van der Waals surface area contributed by atoms with Crippen molar-refractivity contribution in [2.75, 3.05) is 13.2 Å². The lowest BCUT2D eigenvalue weighted by Crippen LogP contribution is -2.50. The van der Waals surface area contributed by atoms with Gasteiger partial charge in [0.25, 0.3) is 0 Å². The van der Waals surface area contributed by atoms with Crippen LogP contribution < -0.4 is 0 Å². The predicted molar refractivity (Wildman–Crippen MR) is 117 cm³/mol. The van der Waals surface area contributed by atoms with Crippen molar-refractivity contribution in [1.29, 1.82) is 0 Å². The van der Waals surface area contributed by atoms with Crippen molar-refractivity contribution in [2.24, 2.45) is 35.5 Å². The maximum Gasteiger partial charge on any atom is 0.139 e. The predicted octanol–water partition coefficient (Wildman–Crippen LogP) is 4.45. The lowest BCUT2D eigenvalue weighted by atomic mass is 9.52. The third-order valence-electron chi connectivity index (χ3n) is 8.96. The first-order valence-corrected chi connectivity index (χ1v) is 12.0. The van der Waals surface area contributed by atoms with Crippen LogP contribution in [0.3, 0.4) is 0 Å². The molecular weight excluding hydrogens is 376 g/mol. The molecule has 0 saturated heterocycles. The average Bonchev–Trinajstić information content (AvgIpc) is 3.24. The highest BCUT2D eigenvalue weighted by molar-refractivity contribution is 5.85. The third kappa shape index (κ3) is 3.93. The first-order valence-electron chi connectivity index (χ1n) is 12.0. The number of phenols is 1. The Morgan fingerprint density at radius 1 is 1.03 bits per heavy atom. The summed E-state index contributed by atoms with van der Waals surface area (Å²) in [6.07, 6.45) is 9.27. The number of benzene rings is 1. The summed E-state index contributed by atoms with van der Waals surface area (Å²) >= 11 is 0. The minimum Gasteiger partial charge on any atom is -0.508 e. The van der Waals surface area contributed by atoms with Crippen LogP contribution in [-0.2, 0) is 10.2 Å². The summed E-state index contributed by atoms with van der Waals surface area (Å²) in [6.45, 7) is 2.45. The number of ketones is 1. The van der Waals surface area contributed by atoms with E-state index in [9.17, 15) is 20.1 Å². The third-order valence-corrected chi connectivity index (χ3v) is 8.96. The lowest BCUT2D eigenvalue weighted by Gasteiger charge is -2.51. The van der Waals surface area contributed by atoms with Crippen LogP contribution in [0.5, 0.6) is 5.75 Å². The van der Waals surface area contributed by atoms with Crippen LogP contribution in [0.4, 0.5) is 0 Å². The molecule has 0 aliphatic heterocycles. The van der Waals surface area contributed by atoms with Gasteiger partial charge in [-0.25, -0.2) is 0 Å². The van der Waals surface area contributed by atoms with E-state index in [4.69, 9.17) is 0 Å². The monoisotopic (exact) mass is 414 g/mol. The number of Topliss-reactive ketones (excluding diaryl/α,β-unsaturated/α-hetero) is 1. The molecule has 3 aliphatic carbocycles. The van der Waals surface area contributed by atoms with Crippen LogP contribution in [0.2, 0.25) is 0 Å². The zero-order valence-corrected chi connectivity index (χ0v) is 18.3. The van der Waals surface area contributed by atoms with Crippen molar-refractivity contribution >= 4 is 5.78 Å². The summed E-state index contributed by atoms with van der Waals surface area (Å²) in [5, 5.41) is 29.2. The van der Waals surface area contributed by atoms with Crippen LogP contribution in [0.1, 0.15) is 70.3 Å². The largest absolute Gasteiger partial charge is 0.508 e. The van der Waals surface area contributed by atoms with E-state index in [-0.39, 0.29) is 36.4 Å². The molecule has 1 aromatic carbocycles. The lowest BCUT2D eigenvalue weighted by molar-refractivity contribution is -0.142. The minimum absolute atomic E-state index is 0.0147. The number of hydrogen-bond donors (Lipinski definition) is 3. The fourth-order valence-corrected chi connectivity index (χ4v) is 7.37. The van der Waals surface area contributed by atoms with E-state index >= 15 is 0 Å². The summed E-state index contributed by atoms with van der Waals surface area (Å²) in [5.74, 6) is 2.15. The Labute approximate surface area is 180 Å². The Morgan fingerprint density at radius 3 is 2.37 bits per heavy atom. The van der Waals surface area contributed by atoms with E-state index in [1.807, 2.05) is 0 Å². The van der Waals surface area contributed by atoms with Gasteiger partial charge in [0.2, 0.25) is 0 Å². The fourth-order valence-electron chi connectivity index (χ4n) is 7.37. The molecule has 4 nitrogen and oxygen atoms in total. The fraction of sp³-hybridized carbons (Fsp3) is 0.731. The number of aliphatic hydroxyl groups excluding tert-OH is 2. The molecule has 3 saturated carbocycles. The second-order valence-electron chi connectivity index (χ2n) is 10.4. The topological polar surface area (TPSA) is 77.8 Å². The summed E-state index contributed by atoms with van der Waals surface area (Å²) in [7, 11) is 0. The molecule has 0 bridgehead atoms. The van der Waals surface area contributed by atoms with Crippen LogP contribution in [0, 0.1) is 35.5 Å². The molecule has 0 radical (unpaired) electrons.